The molecule has 0 radical (unpaired) electrons. The zero-order valence-corrected chi connectivity index (χ0v) is 35.2. The van der Waals surface area contributed by atoms with E-state index in [-0.39, 0.29) is 10.8 Å². The Bertz CT molecular complexity index is 1610. The van der Waals surface area contributed by atoms with Crippen molar-refractivity contribution in [1.29, 1.82) is 0 Å². The van der Waals surface area contributed by atoms with Gasteiger partial charge in [-0.15, -0.1) is 53.5 Å². The molecule has 8 aliphatic carbocycles. The number of terminal acetylenes is 1. The molecule has 6 saturated carbocycles. The number of carbonyl (C=O) groups excluding carboxylic acids is 1. The lowest BCUT2D eigenvalue weighted by atomic mass is 9.48. The lowest BCUT2D eigenvalue weighted by Crippen LogP contribution is -2.54. The van der Waals surface area contributed by atoms with E-state index in [1.165, 1.54) is 85.5 Å². The smallest absolute Gasteiger partial charge is 0.139 e. The first-order valence-corrected chi connectivity index (χ1v) is 25.1. The van der Waals surface area contributed by atoms with Crippen molar-refractivity contribution >= 4 is 52.8 Å². The van der Waals surface area contributed by atoms with Gasteiger partial charge in [0.05, 0.1) is 8.16 Å². The standard InChI is InChI=1S/C24H32OS2.C22H30OS2/c1-4-22-14-16(3)21-18-8-11-24(26-12-13-27-24)15-17(18)6-7-19(21)20(22)9-10-23(22,25)5-2;1-3-21-12-14(2)20-16-8-9-22(24-10-11-25-22)13-15(16)4-5-17(20)18(21)6-7-19(21)23/h2,15,18-21,25H,3-4,6-14H2,1H3;13,16-18,20H,2-12H2,1H3/t18?,19?,20?,21?,22-,23-;16?,17?,18?,20?,21-/m00/s1. The molecule has 6 heteroatoms. The van der Waals surface area contributed by atoms with E-state index in [1.54, 1.807) is 11.1 Å². The van der Waals surface area contributed by atoms with Crippen LogP contribution in [-0.4, -0.2) is 47.7 Å². The van der Waals surface area contributed by atoms with Gasteiger partial charge < -0.3 is 5.11 Å². The maximum absolute atomic E-state index is 12.8. The number of allylic oxidation sites excluding steroid dienone is 4. The first-order chi connectivity index (χ1) is 25.1. The molecular formula is C46H62O2S4. The Kier molecular flexibility index (Phi) is 9.71. The largest absolute Gasteiger partial charge is 0.377 e. The van der Waals surface area contributed by atoms with Crippen LogP contribution in [0.2, 0.25) is 0 Å². The van der Waals surface area contributed by atoms with E-state index >= 15 is 0 Å². The molecule has 0 bridgehead atoms. The quantitative estimate of drug-likeness (QED) is 0.222. The summed E-state index contributed by atoms with van der Waals surface area (Å²) in [6.07, 6.45) is 29.5. The average Bonchev–Trinajstić information content (AvgIpc) is 3.95. The summed E-state index contributed by atoms with van der Waals surface area (Å²) in [6, 6.07) is 0. The molecule has 2 spiro atoms. The highest BCUT2D eigenvalue weighted by atomic mass is 32.2. The van der Waals surface area contributed by atoms with Gasteiger partial charge in [-0.2, -0.15) is 0 Å². The van der Waals surface area contributed by atoms with Crippen molar-refractivity contribution in [3.8, 4) is 12.3 Å². The van der Waals surface area contributed by atoms with Gasteiger partial charge in [0.15, 0.2) is 0 Å². The van der Waals surface area contributed by atoms with Gasteiger partial charge in [0.2, 0.25) is 0 Å². The first-order valence-electron chi connectivity index (χ1n) is 21.1. The monoisotopic (exact) mass is 774 g/mol. The topological polar surface area (TPSA) is 37.3 Å². The Labute approximate surface area is 332 Å². The number of hydrogen-bond acceptors (Lipinski definition) is 6. The highest BCUT2D eigenvalue weighted by molar-refractivity contribution is 8.22. The second kappa shape index (κ2) is 13.6. The van der Waals surface area contributed by atoms with E-state index in [0.29, 0.717) is 49.4 Å². The molecule has 0 aromatic carbocycles. The molecule has 0 aromatic heterocycles. The average molecular weight is 775 g/mol. The Morgan fingerprint density at radius 3 is 1.79 bits per heavy atom. The Hall–Kier alpha value is -0.450. The molecule has 10 rings (SSSR count). The first kappa shape index (κ1) is 37.1. The molecular weight excluding hydrogens is 713 g/mol. The fourth-order valence-corrected chi connectivity index (χ4v) is 21.3. The summed E-state index contributed by atoms with van der Waals surface area (Å²) in [5.74, 6) is 14.0. The van der Waals surface area contributed by atoms with E-state index in [2.05, 4.69) is 92.1 Å². The summed E-state index contributed by atoms with van der Waals surface area (Å²) < 4.78 is 0.796. The van der Waals surface area contributed by atoms with E-state index < -0.39 is 5.60 Å². The summed E-state index contributed by atoms with van der Waals surface area (Å²) in [4.78, 5) is 12.8. The van der Waals surface area contributed by atoms with Gasteiger partial charge in [0.25, 0.3) is 0 Å². The van der Waals surface area contributed by atoms with E-state index in [4.69, 9.17) is 6.42 Å². The summed E-state index contributed by atoms with van der Waals surface area (Å²) in [5.41, 5.74) is 5.22. The highest BCUT2D eigenvalue weighted by Crippen LogP contribution is 2.69. The lowest BCUT2D eigenvalue weighted by Gasteiger charge is -2.57. The van der Waals surface area contributed by atoms with Crippen LogP contribution in [0.1, 0.15) is 117 Å². The Morgan fingerprint density at radius 1 is 0.731 bits per heavy atom. The molecule has 2 aliphatic heterocycles. The van der Waals surface area contributed by atoms with Crippen molar-refractivity contribution in [2.75, 3.05) is 23.0 Å². The maximum atomic E-state index is 12.8. The van der Waals surface area contributed by atoms with Crippen LogP contribution in [0.5, 0.6) is 0 Å². The van der Waals surface area contributed by atoms with Crippen molar-refractivity contribution in [3.05, 3.63) is 47.6 Å². The predicted molar refractivity (Wildman–Crippen MR) is 227 cm³/mol. The van der Waals surface area contributed by atoms with Crippen LogP contribution < -0.4 is 0 Å². The van der Waals surface area contributed by atoms with Gasteiger partial charge in [-0.3, -0.25) is 4.79 Å². The number of aliphatic hydroxyl groups is 1. The number of ketones is 1. The van der Waals surface area contributed by atoms with Gasteiger partial charge in [-0.05, 0) is 144 Å². The summed E-state index contributed by atoms with van der Waals surface area (Å²) in [7, 11) is 0. The van der Waals surface area contributed by atoms with Crippen molar-refractivity contribution in [2.24, 2.45) is 58.2 Å². The van der Waals surface area contributed by atoms with Crippen molar-refractivity contribution in [2.45, 2.75) is 130 Å². The Balaban J connectivity index is 0.000000139. The number of Topliss-reactive ketones (excluding diaryl/α,β-unsaturated/α-hetero) is 1. The maximum Gasteiger partial charge on any atom is 0.139 e. The molecule has 0 aromatic rings. The minimum absolute atomic E-state index is 0.0352. The highest BCUT2D eigenvalue weighted by Gasteiger charge is 2.65. The van der Waals surface area contributed by atoms with Gasteiger partial charge in [-0.25, -0.2) is 0 Å². The molecule has 0 amide bonds. The molecule has 2 heterocycles. The summed E-state index contributed by atoms with van der Waals surface area (Å²) >= 11 is 8.74. The third-order valence-corrected chi connectivity index (χ3v) is 23.9. The van der Waals surface area contributed by atoms with Crippen LogP contribution in [0.4, 0.5) is 0 Å². The van der Waals surface area contributed by atoms with Crippen LogP contribution in [0, 0.1) is 70.5 Å². The molecule has 282 valence electrons. The van der Waals surface area contributed by atoms with E-state index in [1.807, 2.05) is 0 Å². The lowest BCUT2D eigenvalue weighted by molar-refractivity contribution is -0.130. The molecule has 11 atom stereocenters. The molecule has 8 unspecified atom stereocenters. The van der Waals surface area contributed by atoms with Crippen molar-refractivity contribution in [1.82, 2.24) is 0 Å². The van der Waals surface area contributed by atoms with Gasteiger partial charge >= 0.3 is 0 Å². The number of carbonyl (C=O) groups is 1. The number of thioether (sulfide) groups is 4. The molecule has 1 N–H and O–H groups in total. The zero-order chi connectivity index (χ0) is 36.1. The fraction of sp³-hybridized carbons (Fsp3) is 0.761. The van der Waals surface area contributed by atoms with Crippen molar-refractivity contribution in [3.63, 3.8) is 0 Å². The van der Waals surface area contributed by atoms with Gasteiger partial charge in [-0.1, -0.05) is 67.4 Å². The molecule has 2 nitrogen and oxygen atoms in total. The minimum atomic E-state index is -0.926. The van der Waals surface area contributed by atoms with Crippen LogP contribution in [0.15, 0.2) is 47.6 Å². The van der Waals surface area contributed by atoms with E-state index in [0.717, 1.165) is 63.2 Å². The second-order valence-electron chi connectivity index (χ2n) is 18.6. The van der Waals surface area contributed by atoms with Gasteiger partial charge in [0.1, 0.15) is 11.4 Å². The predicted octanol–water partition coefficient (Wildman–Crippen LogP) is 11.5. The van der Waals surface area contributed by atoms with Crippen LogP contribution in [-0.2, 0) is 4.79 Å². The van der Waals surface area contributed by atoms with Crippen LogP contribution >= 0.6 is 47.0 Å². The number of hydrogen-bond donors (Lipinski definition) is 1. The summed E-state index contributed by atoms with van der Waals surface area (Å²) in [6.45, 7) is 13.7. The molecule has 10 aliphatic rings. The Morgan fingerprint density at radius 2 is 1.27 bits per heavy atom. The normalized spacial score (nSPS) is 46.5. The van der Waals surface area contributed by atoms with Crippen molar-refractivity contribution < 1.29 is 9.90 Å². The third kappa shape index (κ3) is 5.44. The zero-order valence-electron chi connectivity index (χ0n) is 31.9. The molecule has 2 saturated heterocycles. The van der Waals surface area contributed by atoms with E-state index in [9.17, 15) is 9.90 Å². The molecule has 8 fully saturated rings. The summed E-state index contributed by atoms with van der Waals surface area (Å²) in [5, 5.41) is 11.3. The number of rotatable bonds is 2. The SMILES string of the molecule is C#C[C@]1(O)CCC2C3CCC4=CC5(CCC4C3C(=C)C[C@@]21CC)SCCS5.C=C1C[C@]2(CC)C(=O)CCC2C2CCC3=CC4(CCC3C12)SCCS4. The van der Waals surface area contributed by atoms with Crippen LogP contribution in [0.25, 0.3) is 0 Å². The molecule has 52 heavy (non-hydrogen) atoms. The van der Waals surface area contributed by atoms with Gasteiger partial charge in [0, 0.05) is 40.3 Å². The fourth-order valence-electron chi connectivity index (χ4n) is 14.9. The van der Waals surface area contributed by atoms with Crippen LogP contribution in [0.3, 0.4) is 0 Å². The third-order valence-electron chi connectivity index (χ3n) is 17.1. The second-order valence-corrected chi connectivity index (χ2v) is 24.8. The minimum Gasteiger partial charge on any atom is -0.377 e. The number of fused-ring (bicyclic) bond motifs is 10.